The fourth-order valence-electron chi connectivity index (χ4n) is 4.20. The Labute approximate surface area is 233 Å². The van der Waals surface area contributed by atoms with Crippen LogP contribution in [-0.2, 0) is 0 Å². The zero-order valence-electron chi connectivity index (χ0n) is 20.7. The van der Waals surface area contributed by atoms with Gasteiger partial charge in [0.25, 0.3) is 0 Å². The first-order valence-electron chi connectivity index (χ1n) is 11.8. The number of methoxy groups -OCH3 is 1. The molecule has 0 unspecified atom stereocenters. The summed E-state index contributed by atoms with van der Waals surface area (Å²) in [6, 6.07) is 23.5. The second kappa shape index (κ2) is 10.0. The van der Waals surface area contributed by atoms with Crippen LogP contribution in [0.5, 0.6) is 5.75 Å². The number of halogens is 1. The van der Waals surface area contributed by atoms with E-state index in [0.29, 0.717) is 44.6 Å². The molecule has 0 amide bonds. The van der Waals surface area contributed by atoms with Gasteiger partial charge in [0.2, 0.25) is 4.80 Å². The first-order valence-corrected chi connectivity index (χ1v) is 13.5. The third kappa shape index (κ3) is 4.55. The number of aryl methyl sites for hydroxylation is 1. The van der Waals surface area contributed by atoms with E-state index in [1.807, 2.05) is 36.4 Å². The molecule has 39 heavy (non-hydrogen) atoms. The van der Waals surface area contributed by atoms with Crippen molar-refractivity contribution in [1.29, 1.82) is 0 Å². The number of nitrogens with zero attached hydrogens (tertiary/aromatic N) is 5. The Morgan fingerprint density at radius 2 is 1.72 bits per heavy atom. The lowest BCUT2D eigenvalue weighted by Gasteiger charge is -2.10. The van der Waals surface area contributed by atoms with E-state index >= 15 is 0 Å². The van der Waals surface area contributed by atoms with Gasteiger partial charge in [0.15, 0.2) is 5.82 Å². The van der Waals surface area contributed by atoms with Gasteiger partial charge in [-0.25, -0.2) is 19.3 Å². The summed E-state index contributed by atoms with van der Waals surface area (Å²) in [6.07, 6.45) is 0. The number of aromatic nitrogens is 4. The van der Waals surface area contributed by atoms with Crippen LogP contribution in [0.4, 0.5) is 5.69 Å². The quantitative estimate of drug-likeness (QED) is 0.250. The highest BCUT2D eigenvalue weighted by molar-refractivity contribution is 9.10. The number of hydrogen-bond donors (Lipinski definition) is 0. The zero-order chi connectivity index (χ0) is 27.1. The van der Waals surface area contributed by atoms with Crippen molar-refractivity contribution in [3.8, 4) is 22.7 Å². The summed E-state index contributed by atoms with van der Waals surface area (Å²) in [5.41, 5.74) is 1.53. The number of thiazole rings is 1. The maximum absolute atomic E-state index is 13.8. The summed E-state index contributed by atoms with van der Waals surface area (Å²) >= 11 is 4.71. The van der Waals surface area contributed by atoms with E-state index in [2.05, 4.69) is 21.0 Å². The molecule has 6 aromatic rings. The zero-order valence-corrected chi connectivity index (χ0v) is 23.1. The van der Waals surface area contributed by atoms with Crippen LogP contribution >= 0.6 is 27.3 Å². The van der Waals surface area contributed by atoms with Crippen molar-refractivity contribution < 1.29 is 9.15 Å². The molecule has 0 aliphatic rings. The van der Waals surface area contributed by atoms with Crippen LogP contribution in [0.2, 0.25) is 0 Å². The van der Waals surface area contributed by atoms with Crippen molar-refractivity contribution in [2.24, 2.45) is 4.99 Å². The molecular weight excluding hydrogens is 582 g/mol. The number of benzene rings is 3. The molecule has 3 heterocycles. The lowest BCUT2D eigenvalue weighted by molar-refractivity contribution is 0.415. The SMILES string of the molecule is COc1ccc(N=c2scc(-c3cc4ccccc4oc3=O)n2-n2c(C)nn(-c3ccc(Br)cc3)c2=O)cc1. The molecule has 0 aliphatic carbocycles. The Morgan fingerprint density at radius 3 is 2.46 bits per heavy atom. The molecule has 6 rings (SSSR count). The second-order valence-electron chi connectivity index (χ2n) is 8.54. The second-order valence-corrected chi connectivity index (χ2v) is 10.3. The molecule has 0 saturated carbocycles. The number of hydrogen-bond acceptors (Lipinski definition) is 7. The van der Waals surface area contributed by atoms with Crippen molar-refractivity contribution in [2.75, 3.05) is 7.11 Å². The molecule has 0 N–H and O–H groups in total. The van der Waals surface area contributed by atoms with Gasteiger partial charge in [-0.3, -0.25) is 0 Å². The highest BCUT2D eigenvalue weighted by Crippen LogP contribution is 2.23. The normalized spacial score (nSPS) is 11.8. The minimum atomic E-state index is -0.526. The van der Waals surface area contributed by atoms with Gasteiger partial charge in [0.1, 0.15) is 11.3 Å². The molecule has 3 aromatic carbocycles. The lowest BCUT2D eigenvalue weighted by Crippen LogP contribution is -2.35. The van der Waals surface area contributed by atoms with E-state index in [9.17, 15) is 9.59 Å². The van der Waals surface area contributed by atoms with E-state index in [1.54, 1.807) is 66.6 Å². The van der Waals surface area contributed by atoms with E-state index in [4.69, 9.17) is 14.1 Å². The molecule has 194 valence electrons. The Morgan fingerprint density at radius 1 is 0.974 bits per heavy atom. The summed E-state index contributed by atoms with van der Waals surface area (Å²) in [7, 11) is 1.60. The minimum Gasteiger partial charge on any atom is -0.497 e. The van der Waals surface area contributed by atoms with Crippen molar-refractivity contribution in [1.82, 2.24) is 19.1 Å². The van der Waals surface area contributed by atoms with E-state index in [1.165, 1.54) is 20.7 Å². The number of rotatable bonds is 5. The predicted octanol–water partition coefficient (Wildman–Crippen LogP) is 5.29. The van der Waals surface area contributed by atoms with Gasteiger partial charge in [0, 0.05) is 15.2 Å². The molecular formula is C28H20BrN5O4S. The van der Waals surface area contributed by atoms with Crippen molar-refractivity contribution in [3.63, 3.8) is 0 Å². The van der Waals surface area contributed by atoms with Crippen LogP contribution in [0.1, 0.15) is 5.82 Å². The average Bonchev–Trinajstić information content (AvgIpc) is 3.47. The predicted molar refractivity (Wildman–Crippen MR) is 153 cm³/mol. The largest absolute Gasteiger partial charge is 0.497 e. The highest BCUT2D eigenvalue weighted by Gasteiger charge is 2.21. The van der Waals surface area contributed by atoms with Crippen LogP contribution < -0.4 is 20.9 Å². The van der Waals surface area contributed by atoms with Gasteiger partial charge in [0.05, 0.1) is 29.7 Å². The lowest BCUT2D eigenvalue weighted by atomic mass is 10.1. The summed E-state index contributed by atoms with van der Waals surface area (Å²) in [5.74, 6) is 1.11. The van der Waals surface area contributed by atoms with E-state index in [-0.39, 0.29) is 0 Å². The van der Waals surface area contributed by atoms with Gasteiger partial charge in [-0.15, -0.1) is 16.4 Å². The van der Waals surface area contributed by atoms with E-state index in [0.717, 1.165) is 9.86 Å². The van der Waals surface area contributed by atoms with Crippen LogP contribution in [0.3, 0.4) is 0 Å². The highest BCUT2D eigenvalue weighted by atomic mass is 79.9. The Bertz CT molecular complexity index is 2020. The molecule has 0 bridgehead atoms. The number of fused-ring (bicyclic) bond motifs is 1. The molecule has 0 fully saturated rings. The number of ether oxygens (including phenoxy) is 1. The Kier molecular flexibility index (Phi) is 6.37. The molecule has 0 radical (unpaired) electrons. The van der Waals surface area contributed by atoms with Crippen molar-refractivity contribution in [2.45, 2.75) is 6.92 Å². The van der Waals surface area contributed by atoms with Gasteiger partial charge in [-0.05, 0) is 67.6 Å². The standard InChI is InChI=1S/C28H20BrN5O4S/c1-17-31-32(21-11-7-19(29)8-12-21)28(36)33(17)34-24(23-15-18-5-3-4-6-25(18)38-26(23)35)16-39-27(34)30-20-9-13-22(37-2)14-10-20/h3-16H,1-2H3. The third-order valence-corrected chi connectivity index (χ3v) is 7.43. The minimum absolute atomic E-state index is 0.295. The smallest absolute Gasteiger partial charge is 0.370 e. The van der Waals surface area contributed by atoms with Crippen LogP contribution in [0.15, 0.2) is 108 Å². The van der Waals surface area contributed by atoms with Crippen LogP contribution in [0.25, 0.3) is 27.9 Å². The molecule has 3 aromatic heterocycles. The van der Waals surface area contributed by atoms with Gasteiger partial charge in [-0.2, -0.15) is 9.36 Å². The molecule has 11 heteroatoms. The summed E-state index contributed by atoms with van der Waals surface area (Å²) in [6.45, 7) is 1.73. The monoisotopic (exact) mass is 601 g/mol. The molecule has 0 aliphatic heterocycles. The summed E-state index contributed by atoms with van der Waals surface area (Å²) in [4.78, 5) is 32.2. The van der Waals surface area contributed by atoms with Crippen LogP contribution in [-0.4, -0.2) is 26.2 Å². The van der Waals surface area contributed by atoms with Crippen molar-refractivity contribution in [3.05, 3.63) is 120 Å². The molecule has 0 spiro atoms. The third-order valence-electron chi connectivity index (χ3n) is 6.08. The van der Waals surface area contributed by atoms with Crippen LogP contribution in [0, 0.1) is 6.92 Å². The Balaban J connectivity index is 1.63. The van der Waals surface area contributed by atoms with Gasteiger partial charge < -0.3 is 9.15 Å². The number of para-hydroxylation sites is 1. The first kappa shape index (κ1) is 24.8. The topological polar surface area (TPSA) is 96.6 Å². The maximum atomic E-state index is 13.8. The fraction of sp³-hybridized carbons (Fsp3) is 0.0714. The average molecular weight is 602 g/mol. The fourth-order valence-corrected chi connectivity index (χ4v) is 5.35. The van der Waals surface area contributed by atoms with E-state index < -0.39 is 11.3 Å². The summed E-state index contributed by atoms with van der Waals surface area (Å²) in [5, 5.41) is 7.06. The molecule has 0 atom stereocenters. The van der Waals surface area contributed by atoms with Gasteiger partial charge in [-0.1, -0.05) is 34.1 Å². The van der Waals surface area contributed by atoms with Gasteiger partial charge >= 0.3 is 11.3 Å². The molecule has 0 saturated heterocycles. The maximum Gasteiger partial charge on any atom is 0.370 e. The molecule has 9 nitrogen and oxygen atoms in total. The first-order chi connectivity index (χ1) is 18.9. The summed E-state index contributed by atoms with van der Waals surface area (Å²) < 4.78 is 16.1. The van der Waals surface area contributed by atoms with Crippen molar-refractivity contribution >= 4 is 43.9 Å². The Hall–Kier alpha value is -4.48.